The number of hydrogen-bond acceptors (Lipinski definition) is 5. The van der Waals surface area contributed by atoms with E-state index in [2.05, 4.69) is 0 Å². The summed E-state index contributed by atoms with van der Waals surface area (Å²) in [5, 5.41) is 0.536. The highest BCUT2D eigenvalue weighted by molar-refractivity contribution is 6.33. The molecule has 0 aliphatic rings. The Morgan fingerprint density at radius 1 is 1.07 bits per heavy atom. The highest BCUT2D eigenvalue weighted by Crippen LogP contribution is 2.29. The van der Waals surface area contributed by atoms with E-state index < -0.39 is 11.6 Å². The van der Waals surface area contributed by atoms with Crippen LogP contribution in [0.5, 0.6) is 0 Å². The summed E-state index contributed by atoms with van der Waals surface area (Å²) in [6, 6.07) is 10.5. The number of nitrogens with zero attached hydrogens (tertiary/aromatic N) is 2. The van der Waals surface area contributed by atoms with Crippen molar-refractivity contribution in [3.8, 4) is 11.3 Å². The zero-order valence-electron chi connectivity index (χ0n) is 17.0. The fourth-order valence-corrected chi connectivity index (χ4v) is 2.75. The number of carbonyl (C=O) groups excluding carboxylic acids is 2. The van der Waals surface area contributed by atoms with Crippen LogP contribution < -0.4 is 0 Å². The van der Waals surface area contributed by atoms with E-state index in [-0.39, 0.29) is 18.2 Å². The van der Waals surface area contributed by atoms with Gasteiger partial charge in [0.2, 0.25) is 0 Å². The zero-order valence-corrected chi connectivity index (χ0v) is 17.7. The molecule has 1 aromatic carbocycles. The largest absolute Gasteiger partial charge is 0.459 e. The summed E-state index contributed by atoms with van der Waals surface area (Å²) in [4.78, 5) is 28.6. The second-order valence-electron chi connectivity index (χ2n) is 7.76. The van der Waals surface area contributed by atoms with E-state index in [1.54, 1.807) is 39.0 Å². The van der Waals surface area contributed by atoms with Crippen LogP contribution in [0.1, 0.15) is 31.3 Å². The zero-order chi connectivity index (χ0) is 20.9. The lowest BCUT2D eigenvalue weighted by Crippen LogP contribution is -2.41. The van der Waals surface area contributed by atoms with Crippen molar-refractivity contribution in [3.63, 3.8) is 0 Å². The second kappa shape index (κ2) is 9.26. The van der Waals surface area contributed by atoms with Crippen LogP contribution in [0.2, 0.25) is 5.02 Å². The molecule has 0 bridgehead atoms. The topological polar surface area (TPSA) is 63.0 Å². The van der Waals surface area contributed by atoms with E-state index in [4.69, 9.17) is 20.8 Å². The van der Waals surface area contributed by atoms with E-state index >= 15 is 0 Å². The van der Waals surface area contributed by atoms with Gasteiger partial charge in [0.05, 0.1) is 5.02 Å². The molecule has 0 radical (unpaired) electrons. The third-order valence-corrected chi connectivity index (χ3v) is 4.13. The van der Waals surface area contributed by atoms with E-state index in [0.717, 1.165) is 0 Å². The molecule has 0 unspecified atom stereocenters. The van der Waals surface area contributed by atoms with Crippen molar-refractivity contribution < 1.29 is 18.7 Å². The number of amides is 1. The molecular weight excluding hydrogens is 380 g/mol. The highest BCUT2D eigenvalue weighted by Gasteiger charge is 2.25. The number of esters is 1. The molecular formula is C21H27ClN2O4. The first-order chi connectivity index (χ1) is 13.1. The summed E-state index contributed by atoms with van der Waals surface area (Å²) in [5.41, 5.74) is 0.0881. The molecule has 0 fully saturated rings. The molecule has 7 heteroatoms. The summed E-state index contributed by atoms with van der Waals surface area (Å²) < 4.78 is 11.1. The van der Waals surface area contributed by atoms with Crippen LogP contribution in [0, 0.1) is 0 Å². The predicted molar refractivity (Wildman–Crippen MR) is 109 cm³/mol. The first kappa shape index (κ1) is 22.0. The number of likely N-dealkylation sites (N-methyl/N-ethyl adjacent to an activating group) is 1. The minimum Gasteiger partial charge on any atom is -0.459 e. The molecule has 0 atom stereocenters. The number of furan rings is 1. The van der Waals surface area contributed by atoms with Gasteiger partial charge in [0.1, 0.15) is 17.9 Å². The molecule has 152 valence electrons. The lowest BCUT2D eigenvalue weighted by molar-refractivity contribution is -0.155. The first-order valence-corrected chi connectivity index (χ1v) is 9.45. The SMILES string of the molecule is CN(C)CCN(CC(=O)OC(C)(C)C)C(=O)c1ccc(-c2ccccc2Cl)o1. The Bertz CT molecular complexity index is 824. The average Bonchev–Trinajstić information content (AvgIpc) is 3.06. The monoisotopic (exact) mass is 406 g/mol. The molecule has 0 spiro atoms. The molecule has 2 rings (SSSR count). The molecule has 0 saturated carbocycles. The summed E-state index contributed by atoms with van der Waals surface area (Å²) >= 11 is 6.20. The first-order valence-electron chi connectivity index (χ1n) is 9.07. The van der Waals surface area contributed by atoms with Gasteiger partial charge in [0, 0.05) is 18.7 Å². The summed E-state index contributed by atoms with van der Waals surface area (Å²) in [6.07, 6.45) is 0. The highest BCUT2D eigenvalue weighted by atomic mass is 35.5. The van der Waals surface area contributed by atoms with Gasteiger partial charge in [0.15, 0.2) is 5.76 Å². The maximum atomic E-state index is 13.0. The smallest absolute Gasteiger partial charge is 0.326 e. The van der Waals surface area contributed by atoms with Crippen molar-refractivity contribution >= 4 is 23.5 Å². The molecule has 0 saturated heterocycles. The van der Waals surface area contributed by atoms with Crippen molar-refractivity contribution in [3.05, 3.63) is 47.2 Å². The van der Waals surface area contributed by atoms with E-state index in [9.17, 15) is 9.59 Å². The Hall–Kier alpha value is -2.31. The van der Waals surface area contributed by atoms with Crippen LogP contribution in [0.15, 0.2) is 40.8 Å². The standard InChI is InChI=1S/C21H27ClN2O4/c1-21(2,3)28-19(25)14-24(13-12-23(4)5)20(26)18-11-10-17(27-18)15-8-6-7-9-16(15)22/h6-11H,12-14H2,1-5H3. The third-order valence-electron chi connectivity index (χ3n) is 3.80. The van der Waals surface area contributed by atoms with Gasteiger partial charge >= 0.3 is 5.97 Å². The van der Waals surface area contributed by atoms with Gasteiger partial charge in [-0.3, -0.25) is 9.59 Å². The molecule has 6 nitrogen and oxygen atoms in total. The Kier molecular flexibility index (Phi) is 7.27. The van der Waals surface area contributed by atoms with Crippen LogP contribution in [0.25, 0.3) is 11.3 Å². The van der Waals surface area contributed by atoms with Crippen molar-refractivity contribution in [2.24, 2.45) is 0 Å². The number of halogens is 1. The van der Waals surface area contributed by atoms with Gasteiger partial charge in [-0.25, -0.2) is 0 Å². The molecule has 1 amide bonds. The lowest BCUT2D eigenvalue weighted by Gasteiger charge is -2.25. The van der Waals surface area contributed by atoms with Crippen molar-refractivity contribution in [2.45, 2.75) is 26.4 Å². The molecule has 28 heavy (non-hydrogen) atoms. The van der Waals surface area contributed by atoms with Crippen LogP contribution in [-0.4, -0.2) is 61.0 Å². The average molecular weight is 407 g/mol. The Labute approximate surface area is 171 Å². The third kappa shape index (κ3) is 6.39. The second-order valence-corrected chi connectivity index (χ2v) is 8.17. The Morgan fingerprint density at radius 2 is 1.75 bits per heavy atom. The van der Waals surface area contributed by atoms with E-state index in [1.165, 1.54) is 4.90 Å². The summed E-state index contributed by atoms with van der Waals surface area (Å²) in [7, 11) is 3.80. The van der Waals surface area contributed by atoms with Crippen LogP contribution in [-0.2, 0) is 9.53 Å². The van der Waals surface area contributed by atoms with Gasteiger partial charge in [0.25, 0.3) is 5.91 Å². The van der Waals surface area contributed by atoms with E-state index in [1.807, 2.05) is 37.2 Å². The Morgan fingerprint density at radius 3 is 2.36 bits per heavy atom. The van der Waals surface area contributed by atoms with Gasteiger partial charge in [-0.2, -0.15) is 0 Å². The molecule has 0 aliphatic carbocycles. The predicted octanol–water partition coefficient (Wildman–Crippen LogP) is 3.95. The normalized spacial score (nSPS) is 11.5. The maximum Gasteiger partial charge on any atom is 0.326 e. The summed E-state index contributed by atoms with van der Waals surface area (Å²) in [6.45, 7) is 6.20. The minimum atomic E-state index is -0.616. The minimum absolute atomic E-state index is 0.147. The van der Waals surface area contributed by atoms with Gasteiger partial charge in [-0.1, -0.05) is 23.7 Å². The molecule has 0 N–H and O–H groups in total. The number of carbonyl (C=O) groups is 2. The van der Waals surface area contributed by atoms with Crippen molar-refractivity contribution in [1.82, 2.24) is 9.80 Å². The van der Waals surface area contributed by atoms with Gasteiger partial charge in [-0.05, 0) is 59.1 Å². The molecule has 1 aromatic heterocycles. The van der Waals surface area contributed by atoms with Crippen molar-refractivity contribution in [2.75, 3.05) is 33.7 Å². The molecule has 2 aromatic rings. The number of hydrogen-bond donors (Lipinski definition) is 0. The Balaban J connectivity index is 2.19. The molecule has 0 aliphatic heterocycles. The number of ether oxygens (including phenoxy) is 1. The fraction of sp³-hybridized carbons (Fsp3) is 0.429. The maximum absolute atomic E-state index is 13.0. The van der Waals surface area contributed by atoms with Gasteiger partial charge < -0.3 is 19.0 Å². The quantitative estimate of drug-likeness (QED) is 0.651. The van der Waals surface area contributed by atoms with Gasteiger partial charge in [-0.15, -0.1) is 0 Å². The van der Waals surface area contributed by atoms with Crippen LogP contribution in [0.4, 0.5) is 0 Å². The van der Waals surface area contributed by atoms with E-state index in [0.29, 0.717) is 29.4 Å². The summed E-state index contributed by atoms with van der Waals surface area (Å²) in [5.74, 6) is -0.181. The van der Waals surface area contributed by atoms with Crippen LogP contribution >= 0.6 is 11.6 Å². The molecule has 1 heterocycles. The number of rotatable bonds is 7. The van der Waals surface area contributed by atoms with Crippen molar-refractivity contribution in [1.29, 1.82) is 0 Å². The fourth-order valence-electron chi connectivity index (χ4n) is 2.52. The number of benzene rings is 1. The van der Waals surface area contributed by atoms with Crippen LogP contribution in [0.3, 0.4) is 0 Å². The lowest BCUT2D eigenvalue weighted by atomic mass is 10.2.